The van der Waals surface area contributed by atoms with Crippen molar-refractivity contribution in [2.75, 3.05) is 11.1 Å². The van der Waals surface area contributed by atoms with Gasteiger partial charge >= 0.3 is 6.18 Å². The third kappa shape index (κ3) is 4.62. The Bertz CT molecular complexity index is 1340. The van der Waals surface area contributed by atoms with Crippen LogP contribution < -0.4 is 11.1 Å². The molecule has 0 bridgehead atoms. The molecule has 0 unspecified atom stereocenters. The van der Waals surface area contributed by atoms with Crippen molar-refractivity contribution in [2.45, 2.75) is 6.18 Å². The van der Waals surface area contributed by atoms with Crippen LogP contribution in [0.1, 0.15) is 15.9 Å². The molecule has 0 aliphatic rings. The number of carbonyl (C=O) groups is 1. The highest BCUT2D eigenvalue weighted by Crippen LogP contribution is 2.37. The summed E-state index contributed by atoms with van der Waals surface area (Å²) in [7, 11) is 0. The number of pyridine rings is 1. The second kappa shape index (κ2) is 8.72. The molecule has 0 fully saturated rings. The number of nitrogen functional groups attached to an aromatic ring is 1. The molecule has 0 aliphatic carbocycles. The Kier molecular flexibility index (Phi) is 5.96. The Balaban J connectivity index is 1.66. The highest BCUT2D eigenvalue weighted by molar-refractivity contribution is 6.38. The van der Waals surface area contributed by atoms with E-state index in [9.17, 15) is 18.0 Å². The summed E-state index contributed by atoms with van der Waals surface area (Å²) in [5, 5.41) is 9.94. The Labute approximate surface area is 195 Å². The van der Waals surface area contributed by atoms with Gasteiger partial charge in [-0.2, -0.15) is 23.4 Å². The monoisotopic (exact) mass is 492 g/mol. The minimum Gasteiger partial charge on any atom is -0.398 e. The standard InChI is InChI=1S/C21H13Cl2F3N6O/c22-16-9-14(17(23)8-13(16)12-3-1-2-4-18(12)27)20(33)31-11-7-15(21(24,25)26)19(28-10-11)32-29-5-6-30-32/h1-10H,27H2,(H,31,33). The molecule has 2 heterocycles. The van der Waals surface area contributed by atoms with Crippen molar-refractivity contribution in [3.8, 4) is 16.9 Å². The van der Waals surface area contributed by atoms with Crippen molar-refractivity contribution in [2.24, 2.45) is 0 Å². The molecular weight excluding hydrogens is 480 g/mol. The second-order valence-electron chi connectivity index (χ2n) is 6.76. The van der Waals surface area contributed by atoms with Gasteiger partial charge in [-0.3, -0.25) is 4.79 Å². The third-order valence-corrected chi connectivity index (χ3v) is 5.22. The maximum atomic E-state index is 13.6. The summed E-state index contributed by atoms with van der Waals surface area (Å²) in [6.07, 6.45) is -1.28. The average Bonchev–Trinajstić information content (AvgIpc) is 3.30. The Morgan fingerprint density at radius 1 is 1.00 bits per heavy atom. The zero-order chi connectivity index (χ0) is 23.8. The van der Waals surface area contributed by atoms with Gasteiger partial charge in [0.1, 0.15) is 5.56 Å². The zero-order valence-electron chi connectivity index (χ0n) is 16.4. The summed E-state index contributed by atoms with van der Waals surface area (Å²) in [6.45, 7) is 0. The van der Waals surface area contributed by atoms with Gasteiger partial charge in [-0.05, 0) is 24.3 Å². The van der Waals surface area contributed by atoms with Gasteiger partial charge in [-0.15, -0.1) is 4.80 Å². The van der Waals surface area contributed by atoms with Crippen molar-refractivity contribution in [1.82, 2.24) is 20.0 Å². The molecule has 0 saturated carbocycles. The number of carbonyl (C=O) groups excluding carboxylic acids is 1. The molecule has 4 aromatic rings. The first-order chi connectivity index (χ1) is 15.6. The number of nitrogens with two attached hydrogens (primary N) is 1. The third-order valence-electron chi connectivity index (χ3n) is 4.59. The van der Waals surface area contributed by atoms with Gasteiger partial charge in [0.2, 0.25) is 0 Å². The number of aromatic nitrogens is 4. The lowest BCUT2D eigenvalue weighted by Crippen LogP contribution is -2.17. The maximum Gasteiger partial charge on any atom is 0.420 e. The summed E-state index contributed by atoms with van der Waals surface area (Å²) in [5.74, 6) is -1.30. The van der Waals surface area contributed by atoms with E-state index in [0.717, 1.165) is 17.1 Å². The van der Waals surface area contributed by atoms with Gasteiger partial charge in [-0.25, -0.2) is 4.98 Å². The number of benzene rings is 2. The first-order valence-corrected chi connectivity index (χ1v) is 10.00. The van der Waals surface area contributed by atoms with Crippen LogP contribution in [0.4, 0.5) is 24.5 Å². The Hall–Kier alpha value is -3.63. The maximum absolute atomic E-state index is 13.6. The van der Waals surface area contributed by atoms with E-state index in [4.69, 9.17) is 28.9 Å². The Morgan fingerprint density at radius 2 is 1.70 bits per heavy atom. The van der Waals surface area contributed by atoms with E-state index in [-0.39, 0.29) is 21.3 Å². The van der Waals surface area contributed by atoms with Crippen molar-refractivity contribution in [3.63, 3.8) is 0 Å². The number of anilines is 2. The molecule has 4 rings (SSSR count). The summed E-state index contributed by atoms with van der Waals surface area (Å²) in [4.78, 5) is 17.3. The average molecular weight is 493 g/mol. The van der Waals surface area contributed by atoms with Gasteiger partial charge < -0.3 is 11.1 Å². The number of alkyl halides is 3. The lowest BCUT2D eigenvalue weighted by Gasteiger charge is -2.14. The number of rotatable bonds is 4. The van der Waals surface area contributed by atoms with Crippen molar-refractivity contribution in [3.05, 3.63) is 82.2 Å². The fourth-order valence-corrected chi connectivity index (χ4v) is 3.60. The second-order valence-corrected chi connectivity index (χ2v) is 7.58. The van der Waals surface area contributed by atoms with Crippen molar-refractivity contribution < 1.29 is 18.0 Å². The zero-order valence-corrected chi connectivity index (χ0v) is 17.9. The molecule has 7 nitrogen and oxygen atoms in total. The number of nitrogens with one attached hydrogen (secondary N) is 1. The molecule has 12 heteroatoms. The Morgan fingerprint density at radius 3 is 2.36 bits per heavy atom. The molecule has 168 valence electrons. The predicted molar refractivity (Wildman–Crippen MR) is 118 cm³/mol. The SMILES string of the molecule is Nc1ccccc1-c1cc(Cl)c(C(=O)Nc2cnc(-n3nccn3)c(C(F)(F)F)c2)cc1Cl. The van der Waals surface area contributed by atoms with Crippen LogP contribution in [0.15, 0.2) is 61.1 Å². The van der Waals surface area contributed by atoms with Gasteiger partial charge in [-0.1, -0.05) is 41.4 Å². The summed E-state index contributed by atoms with van der Waals surface area (Å²) in [5.41, 5.74) is 6.20. The lowest BCUT2D eigenvalue weighted by molar-refractivity contribution is -0.137. The molecule has 0 aliphatic heterocycles. The minimum atomic E-state index is -4.77. The highest BCUT2D eigenvalue weighted by Gasteiger charge is 2.36. The smallest absolute Gasteiger partial charge is 0.398 e. The normalized spacial score (nSPS) is 11.4. The fourth-order valence-electron chi connectivity index (χ4n) is 3.09. The van der Waals surface area contributed by atoms with Crippen LogP contribution in [-0.2, 0) is 6.18 Å². The van der Waals surface area contributed by atoms with Gasteiger partial charge in [0.15, 0.2) is 5.82 Å². The van der Waals surface area contributed by atoms with E-state index in [2.05, 4.69) is 20.5 Å². The van der Waals surface area contributed by atoms with E-state index in [1.807, 2.05) is 0 Å². The first-order valence-electron chi connectivity index (χ1n) is 9.24. The number of hydrogen-bond acceptors (Lipinski definition) is 5. The van der Waals surface area contributed by atoms with Crippen molar-refractivity contribution >= 4 is 40.5 Å². The first kappa shape index (κ1) is 22.6. The molecule has 1 amide bonds. The molecule has 3 N–H and O–H groups in total. The van der Waals surface area contributed by atoms with Crippen LogP contribution in [0.25, 0.3) is 16.9 Å². The lowest BCUT2D eigenvalue weighted by atomic mass is 10.0. The number of halogens is 5. The quantitative estimate of drug-likeness (QED) is 0.367. The molecule has 0 atom stereocenters. The van der Waals surface area contributed by atoms with Crippen LogP contribution in [0.5, 0.6) is 0 Å². The van der Waals surface area contributed by atoms with E-state index in [0.29, 0.717) is 16.8 Å². The van der Waals surface area contributed by atoms with E-state index < -0.39 is 23.5 Å². The fraction of sp³-hybridized carbons (Fsp3) is 0.0476. The molecule has 2 aromatic heterocycles. The van der Waals surface area contributed by atoms with Crippen LogP contribution in [0.2, 0.25) is 10.0 Å². The number of nitrogens with zero attached hydrogens (tertiary/aromatic N) is 4. The molecule has 0 saturated heterocycles. The van der Waals surface area contributed by atoms with Gasteiger partial charge in [0.05, 0.1) is 34.9 Å². The number of amides is 1. The molecule has 0 radical (unpaired) electrons. The minimum absolute atomic E-state index is 0.0358. The number of para-hydroxylation sites is 1. The summed E-state index contributed by atoms with van der Waals surface area (Å²) in [6, 6.07) is 10.5. The summed E-state index contributed by atoms with van der Waals surface area (Å²) < 4.78 is 40.7. The number of hydrogen-bond donors (Lipinski definition) is 2. The summed E-state index contributed by atoms with van der Waals surface area (Å²) >= 11 is 12.6. The largest absolute Gasteiger partial charge is 0.420 e. The van der Waals surface area contributed by atoms with Gasteiger partial charge in [0, 0.05) is 21.8 Å². The highest BCUT2D eigenvalue weighted by atomic mass is 35.5. The van der Waals surface area contributed by atoms with E-state index in [1.165, 1.54) is 24.5 Å². The van der Waals surface area contributed by atoms with Crippen LogP contribution in [0.3, 0.4) is 0 Å². The molecule has 2 aromatic carbocycles. The molecular formula is C21H13Cl2F3N6O. The predicted octanol–water partition coefficient (Wildman–Crippen LogP) is 5.49. The van der Waals surface area contributed by atoms with Crippen LogP contribution in [-0.4, -0.2) is 25.9 Å². The van der Waals surface area contributed by atoms with Crippen LogP contribution >= 0.6 is 23.2 Å². The van der Waals surface area contributed by atoms with Crippen molar-refractivity contribution in [1.29, 1.82) is 0 Å². The van der Waals surface area contributed by atoms with E-state index >= 15 is 0 Å². The topological polar surface area (TPSA) is 98.7 Å². The van der Waals surface area contributed by atoms with Crippen LogP contribution in [0, 0.1) is 0 Å². The molecule has 0 spiro atoms. The van der Waals surface area contributed by atoms with Gasteiger partial charge in [0.25, 0.3) is 5.91 Å². The molecule has 33 heavy (non-hydrogen) atoms. The van der Waals surface area contributed by atoms with E-state index in [1.54, 1.807) is 24.3 Å².